The van der Waals surface area contributed by atoms with Gasteiger partial charge in [-0.1, -0.05) is 150 Å². The lowest BCUT2D eigenvalue weighted by Crippen LogP contribution is -2.59. The van der Waals surface area contributed by atoms with Crippen LogP contribution in [0.4, 0.5) is 0 Å². The van der Waals surface area contributed by atoms with Gasteiger partial charge in [0.05, 0.1) is 61.5 Å². The first-order valence-electron chi connectivity index (χ1n) is 49.0. The Morgan fingerprint density at radius 1 is 0.434 bits per heavy atom. The van der Waals surface area contributed by atoms with Gasteiger partial charge >= 0.3 is 5.97 Å². The van der Waals surface area contributed by atoms with Crippen molar-refractivity contribution in [2.24, 2.45) is 97.3 Å². The normalized spacial score (nSPS) is 14.4. The number of Topliss-reactive ketones (excluding diaryl/α,β-unsaturated/α-hetero) is 5. The van der Waals surface area contributed by atoms with Crippen LogP contribution in [0.25, 0.3) is 0 Å². The monoisotopic (exact) mass is 1940 g/mol. The van der Waals surface area contributed by atoms with Crippen molar-refractivity contribution in [1.29, 1.82) is 0 Å². The van der Waals surface area contributed by atoms with Crippen LogP contribution in [0.15, 0.2) is 46.8 Å². The fourth-order valence-electron chi connectivity index (χ4n) is 15.6. The number of primary amides is 1. The molecule has 9 amide bonds. The van der Waals surface area contributed by atoms with E-state index in [2.05, 4.69) is 69.4 Å². The topological polar surface area (TPSA) is 695 Å². The van der Waals surface area contributed by atoms with Gasteiger partial charge in [0, 0.05) is 94.1 Å². The molecule has 1 heterocycles. The number of aromatic nitrogens is 2. The number of hydrogen-bond donors (Lipinski definition) is 21. The number of phenols is 1. The van der Waals surface area contributed by atoms with Crippen LogP contribution in [-0.2, 0) is 84.8 Å². The van der Waals surface area contributed by atoms with Crippen LogP contribution < -0.4 is 88.4 Å². The van der Waals surface area contributed by atoms with E-state index in [1.807, 2.05) is 20.8 Å². The molecule has 14 atom stereocenters. The molecule has 0 bridgehead atoms. The molecule has 772 valence electrons. The summed E-state index contributed by atoms with van der Waals surface area (Å²) < 4.78 is 0. The molecular weight excluding hydrogens is 1770 g/mol. The van der Waals surface area contributed by atoms with Crippen molar-refractivity contribution in [1.82, 2.24) is 52.5 Å². The number of carboxylic acids is 1. The van der Waals surface area contributed by atoms with Crippen molar-refractivity contribution in [3.05, 3.63) is 48.0 Å². The number of rotatable bonds is 79. The smallest absolute Gasteiger partial charge is 0.305 e. The van der Waals surface area contributed by atoms with Crippen LogP contribution in [0.5, 0.6) is 5.75 Å². The number of aromatic amines is 1. The predicted molar refractivity (Wildman–Crippen MR) is 527 cm³/mol. The van der Waals surface area contributed by atoms with E-state index in [0.717, 1.165) is 38.5 Å². The molecule has 0 spiro atoms. The number of benzene rings is 1. The fraction of sp³-hybridized carbons (Fsp3) is 0.729. The lowest BCUT2D eigenvalue weighted by molar-refractivity contribution is -0.142. The average Bonchev–Trinajstić information content (AvgIpc) is 1.12. The summed E-state index contributed by atoms with van der Waals surface area (Å²) in [6.45, 7) is 15.0. The Hall–Kier alpha value is -10.0. The molecule has 0 saturated carbocycles. The van der Waals surface area contributed by atoms with E-state index < -0.39 is 181 Å². The van der Waals surface area contributed by atoms with Gasteiger partial charge in [0.15, 0.2) is 35.1 Å². The third kappa shape index (κ3) is 56.0. The number of thioether (sulfide) groups is 1. The summed E-state index contributed by atoms with van der Waals surface area (Å²) in [6.07, 6.45) is 23.2. The Labute approximate surface area is 808 Å². The van der Waals surface area contributed by atoms with Crippen LogP contribution >= 0.6 is 11.8 Å². The number of amides is 9. The van der Waals surface area contributed by atoms with Crippen LogP contribution in [0, 0.1) is 41.4 Å². The van der Waals surface area contributed by atoms with Crippen molar-refractivity contribution < 1.29 is 92.3 Å². The lowest BCUT2D eigenvalue weighted by atomic mass is 9.89. The number of phenolic OH excluding ortho intramolecular Hbond substituents is 1. The van der Waals surface area contributed by atoms with Gasteiger partial charge in [0.1, 0.15) is 35.7 Å². The number of aliphatic hydroxyl groups excluding tert-OH is 2. The van der Waals surface area contributed by atoms with Crippen LogP contribution in [0.2, 0.25) is 0 Å². The minimum atomic E-state index is -1.88. The van der Waals surface area contributed by atoms with E-state index in [0.29, 0.717) is 62.9 Å². The number of aromatic hydroxyl groups is 1. The third-order valence-electron chi connectivity index (χ3n) is 23.5. The fourth-order valence-corrected chi connectivity index (χ4v) is 16.1. The number of nitrogens with two attached hydrogens (primary N) is 8. The maximum Gasteiger partial charge on any atom is 0.305 e. The number of imidazole rings is 1. The number of carboxylic acid groups (broad SMARTS) is 1. The van der Waals surface area contributed by atoms with Crippen LogP contribution in [0.1, 0.15) is 298 Å². The summed E-state index contributed by atoms with van der Waals surface area (Å²) in [7, 11) is 0. The second-order valence-electron chi connectivity index (χ2n) is 36.5. The van der Waals surface area contributed by atoms with Gasteiger partial charge in [0.25, 0.3) is 0 Å². The summed E-state index contributed by atoms with van der Waals surface area (Å²) in [5, 5.41) is 63.0. The second kappa shape index (κ2) is 73.2. The summed E-state index contributed by atoms with van der Waals surface area (Å²) in [5.41, 5.74) is 45.6. The number of ketones is 5. The summed E-state index contributed by atoms with van der Waals surface area (Å²) >= 11 is 1.30. The molecule has 0 radical (unpaired) electrons. The zero-order valence-electron chi connectivity index (χ0n) is 82.3. The number of hydrogen-bond acceptors (Lipinski definition) is 25. The first kappa shape index (κ1) is 124. The summed E-state index contributed by atoms with van der Waals surface area (Å²) in [5.74, 6) is -16.3. The standard InChI is InChI=1S/C65H107N17O16S.C31H61N3O3/c1-35(2)24-37(5)57(92)76-45(13-10-21-73-64(68)69)52(86)28-41(33-83)59(94)77-46(19-23-99-7)54(88)30-44(38(6)84)60(95)79-48(31-55(89)90)53(87)27-40(12-8-9-20-66)58(93)81-51(26-39-15-17-43(85)18-16-39)63(98)78-47(14-11-22-74-65(70)71)61(96)82-50(25-36(3)4)62(97)80-49(56(67)91)29-42-32-72-34-75-42;1-3-5-6-7-8-9-10-11-12-13-14-15-16-22-28(35)26-27(21-17-19-24-32)31(37)34-29(30(36)4-2)23-18-20-25-33/h15-18,32,34-38,40-41,44-51,83-85H,8-14,19-31,33,66H2,1-7H3,(H2,67,91)(H,72,75)(H,76,92)(H,77,94)(H,78,98)(H,79,95)(H,80,97)(H,81,93)(H,82,96)(H,89,90)(H4,68,69,73)(H4,70,71,74);27,29H,3-26,32-33H2,1-2H3,(H,34,37)/t37-,38+,40+,41-,44-,45-,46-,47-,48-,49-,50-,51-;27-,29+/m01/s1. The highest BCUT2D eigenvalue weighted by molar-refractivity contribution is 7.98. The Morgan fingerprint density at radius 3 is 1.35 bits per heavy atom. The van der Waals surface area contributed by atoms with Gasteiger partial charge in [0.2, 0.25) is 53.2 Å². The van der Waals surface area contributed by atoms with Gasteiger partial charge in [-0.25, -0.2) is 4.98 Å². The van der Waals surface area contributed by atoms with Crippen molar-refractivity contribution in [2.45, 2.75) is 354 Å². The maximum absolute atomic E-state index is 14.7. The first-order chi connectivity index (χ1) is 64.7. The molecule has 0 aliphatic rings. The van der Waals surface area contributed by atoms with Gasteiger partial charge in [-0.15, -0.1) is 0 Å². The highest BCUT2D eigenvalue weighted by atomic mass is 32.2. The van der Waals surface area contributed by atoms with E-state index in [9.17, 15) is 92.3 Å². The average molecular weight is 1940 g/mol. The summed E-state index contributed by atoms with van der Waals surface area (Å²) in [6, 6.07) is -4.72. The quantitative estimate of drug-likeness (QED) is 0.0239. The maximum atomic E-state index is 14.7. The predicted octanol–water partition coefficient (Wildman–Crippen LogP) is 4.84. The van der Waals surface area contributed by atoms with Gasteiger partial charge in [-0.2, -0.15) is 11.8 Å². The van der Waals surface area contributed by atoms with E-state index in [1.54, 1.807) is 27.0 Å². The number of nitrogens with zero attached hydrogens (tertiary/aromatic N) is 3. The SMILES string of the molecule is CCCCCCCCCCCCCCCC(=O)C[C@@H](CCCCN)C(=O)N[C@@H](CCCCN)C(=O)CC.CSCC[C@H](NC(=O)[C@H](CO)CC(=O)[C@H](CCCN=C(N)N)NC(=O)[C@@H](C)CC(C)C)C(=O)C[C@H](C(=O)N[C@@H](CC(=O)O)C(=O)C[C@@H](CCCCN)C(=O)N[C@@H](Cc1ccc(O)cc1)C(=O)N[C@@H](CCCN=C(N)N)C(=O)N[C@@H](CC(C)C)C(=O)N[C@@H](Cc1cnc[nH]1)C(N)=O)[C@@H](C)O. The van der Waals surface area contributed by atoms with Crippen LogP contribution in [-0.4, -0.2) is 236 Å². The highest BCUT2D eigenvalue weighted by Gasteiger charge is 2.39. The Kier molecular flexibility index (Phi) is 66.7. The number of aliphatic carboxylic acids is 1. The number of carbonyl (C=O) groups excluding carboxylic acids is 14. The number of aliphatic hydroxyl groups is 2. The van der Waals surface area contributed by atoms with E-state index >= 15 is 0 Å². The zero-order valence-corrected chi connectivity index (χ0v) is 83.1. The number of guanidine groups is 2. The largest absolute Gasteiger partial charge is 0.508 e. The second-order valence-corrected chi connectivity index (χ2v) is 37.5. The molecule has 1 aromatic carbocycles. The molecule has 2 rings (SSSR count). The molecule has 0 aliphatic carbocycles. The molecule has 136 heavy (non-hydrogen) atoms. The van der Waals surface area contributed by atoms with Crippen molar-refractivity contribution in [3.63, 3.8) is 0 Å². The van der Waals surface area contributed by atoms with Crippen molar-refractivity contribution >= 4 is 112 Å². The van der Waals surface area contributed by atoms with Gasteiger partial charge < -0.3 is 114 Å². The minimum absolute atomic E-state index is 0.00806. The van der Waals surface area contributed by atoms with E-state index in [-0.39, 0.29) is 149 Å². The molecule has 1 aromatic heterocycles. The summed E-state index contributed by atoms with van der Waals surface area (Å²) in [4.78, 5) is 219. The van der Waals surface area contributed by atoms with Gasteiger partial charge in [-0.3, -0.25) is 81.9 Å². The number of H-pyrrole nitrogens is 1. The zero-order chi connectivity index (χ0) is 102. The van der Waals surface area contributed by atoms with Crippen molar-refractivity contribution in [3.8, 4) is 5.75 Å². The molecule has 0 saturated heterocycles. The minimum Gasteiger partial charge on any atom is -0.508 e. The Bertz CT molecular complexity index is 3920. The number of unbranched alkanes of at least 4 members (excludes halogenated alkanes) is 15. The first-order valence-corrected chi connectivity index (χ1v) is 50.4. The molecule has 0 aliphatic heterocycles. The molecule has 40 heteroatoms. The molecular formula is C96H168N20O19S. The highest BCUT2D eigenvalue weighted by Crippen LogP contribution is 2.25. The molecule has 2 aromatic rings. The van der Waals surface area contributed by atoms with E-state index in [4.69, 9.17) is 45.9 Å². The van der Waals surface area contributed by atoms with E-state index in [1.165, 1.54) is 126 Å². The molecule has 0 unspecified atom stereocenters. The Balaban J connectivity index is 0.00000209. The molecule has 0 fully saturated rings. The van der Waals surface area contributed by atoms with Gasteiger partial charge in [-0.05, 0) is 164 Å². The Morgan fingerprint density at radius 2 is 0.860 bits per heavy atom. The lowest BCUT2D eigenvalue weighted by Gasteiger charge is -2.28. The number of nitrogens with one attached hydrogen (secondary N) is 9. The molecule has 29 N–H and O–H groups in total. The number of carbonyl (C=O) groups is 15. The third-order valence-corrected chi connectivity index (χ3v) is 24.1. The molecule has 39 nitrogen and oxygen atoms in total. The van der Waals surface area contributed by atoms with Crippen molar-refractivity contribution in [2.75, 3.05) is 51.3 Å². The van der Waals surface area contributed by atoms with Crippen LogP contribution in [0.3, 0.4) is 0 Å². The number of aliphatic imine (C=N–C) groups is 2.